The largest absolute Gasteiger partial charge is 0.0622 e. The van der Waals surface area contributed by atoms with Crippen LogP contribution in [0, 0.1) is 0 Å². The van der Waals surface area contributed by atoms with Gasteiger partial charge in [0, 0.05) is 0 Å². The summed E-state index contributed by atoms with van der Waals surface area (Å²) in [4.78, 5) is 0. The summed E-state index contributed by atoms with van der Waals surface area (Å²) < 4.78 is 0. The highest BCUT2D eigenvalue weighted by Crippen LogP contribution is 2.48. The van der Waals surface area contributed by atoms with Gasteiger partial charge >= 0.3 is 0 Å². The minimum absolute atomic E-state index is 1.18. The van der Waals surface area contributed by atoms with Gasteiger partial charge in [-0.05, 0) is 157 Å². The van der Waals surface area contributed by atoms with Crippen LogP contribution in [0.25, 0.3) is 121 Å². The van der Waals surface area contributed by atoms with Crippen molar-refractivity contribution in [3.63, 3.8) is 0 Å². The molecule has 0 nitrogen and oxygen atoms in total. The van der Waals surface area contributed by atoms with Crippen LogP contribution in [-0.2, 0) is 0 Å². The van der Waals surface area contributed by atoms with Gasteiger partial charge in [0.1, 0.15) is 0 Å². The molecule has 12 aromatic carbocycles. The smallest absolute Gasteiger partial charge is 0.00199 e. The summed E-state index contributed by atoms with van der Waals surface area (Å²) >= 11 is 0. The summed E-state index contributed by atoms with van der Waals surface area (Å²) in [5.74, 6) is 0. The fraction of sp³-hybridized carbons (Fsp3) is 0. The van der Waals surface area contributed by atoms with Gasteiger partial charge in [0.2, 0.25) is 0 Å². The van der Waals surface area contributed by atoms with Crippen molar-refractivity contribution in [3.8, 4) is 77.9 Å². The molecule has 0 aliphatic carbocycles. The van der Waals surface area contributed by atoms with Gasteiger partial charge in [0.15, 0.2) is 0 Å². The molecule has 64 heavy (non-hydrogen) atoms. The topological polar surface area (TPSA) is 0 Å². The first-order chi connectivity index (χ1) is 31.7. The van der Waals surface area contributed by atoms with Crippen molar-refractivity contribution in [2.75, 3.05) is 0 Å². The molecule has 12 rings (SSSR count). The van der Waals surface area contributed by atoms with Crippen LogP contribution >= 0.6 is 0 Å². The SMILES string of the molecule is c1ccc(-c2cc(-c3ccccc3)cc(-c3ccc(-c4ccc5cc(-c6cccc7ccccc67)ccc5c4)c(-c4c5ccccc5c(-c5ccccc5)c5ccccc45)c3)c2)cc1. The summed E-state index contributed by atoms with van der Waals surface area (Å²) in [7, 11) is 0. The summed E-state index contributed by atoms with van der Waals surface area (Å²) in [6, 6.07) is 93.8. The molecule has 298 valence electrons. The van der Waals surface area contributed by atoms with E-state index in [0.29, 0.717) is 0 Å². The maximum Gasteiger partial charge on any atom is -0.00199 e. The van der Waals surface area contributed by atoms with Crippen LogP contribution in [-0.4, -0.2) is 0 Å². The van der Waals surface area contributed by atoms with Crippen LogP contribution < -0.4 is 0 Å². The van der Waals surface area contributed by atoms with Gasteiger partial charge in [-0.15, -0.1) is 0 Å². The van der Waals surface area contributed by atoms with Crippen molar-refractivity contribution >= 4 is 43.1 Å². The van der Waals surface area contributed by atoms with E-state index in [4.69, 9.17) is 0 Å². The maximum absolute atomic E-state index is 2.46. The first-order valence-corrected chi connectivity index (χ1v) is 22.2. The van der Waals surface area contributed by atoms with E-state index in [-0.39, 0.29) is 0 Å². The van der Waals surface area contributed by atoms with Crippen molar-refractivity contribution in [1.82, 2.24) is 0 Å². The van der Waals surface area contributed by atoms with Gasteiger partial charge in [-0.3, -0.25) is 0 Å². The lowest BCUT2D eigenvalue weighted by atomic mass is 9.82. The second-order valence-corrected chi connectivity index (χ2v) is 16.8. The van der Waals surface area contributed by atoms with Crippen LogP contribution in [0.1, 0.15) is 0 Å². The van der Waals surface area contributed by atoms with E-state index in [9.17, 15) is 0 Å². The second kappa shape index (κ2) is 15.9. The minimum Gasteiger partial charge on any atom is -0.0622 e. The zero-order valence-corrected chi connectivity index (χ0v) is 35.2. The Hall–Kier alpha value is -8.32. The molecule has 12 aromatic rings. The Balaban J connectivity index is 1.10. The normalized spacial score (nSPS) is 11.4. The molecule has 0 bridgehead atoms. The molecule has 0 saturated heterocycles. The third-order valence-electron chi connectivity index (χ3n) is 13.0. The van der Waals surface area contributed by atoms with Gasteiger partial charge in [0.05, 0.1) is 0 Å². The molecular weight excluding hydrogens is 769 g/mol. The van der Waals surface area contributed by atoms with Crippen molar-refractivity contribution in [1.29, 1.82) is 0 Å². The molecule has 0 heteroatoms. The van der Waals surface area contributed by atoms with E-state index in [1.807, 2.05) is 0 Å². The monoisotopic (exact) mass is 810 g/mol. The molecule has 0 unspecified atom stereocenters. The van der Waals surface area contributed by atoms with E-state index in [1.165, 1.54) is 121 Å². The Labute approximate surface area is 374 Å². The molecular formula is C64H42. The zero-order valence-electron chi connectivity index (χ0n) is 35.2. The lowest BCUT2D eigenvalue weighted by Crippen LogP contribution is -1.94. The highest BCUT2D eigenvalue weighted by molar-refractivity contribution is 6.22. The molecule has 0 radical (unpaired) electrons. The van der Waals surface area contributed by atoms with Gasteiger partial charge in [-0.1, -0.05) is 218 Å². The summed E-state index contributed by atoms with van der Waals surface area (Å²) in [6.07, 6.45) is 0. The molecule has 0 fully saturated rings. The Bertz CT molecular complexity index is 3570. The molecule has 0 N–H and O–H groups in total. The minimum atomic E-state index is 1.18. The van der Waals surface area contributed by atoms with E-state index in [2.05, 4.69) is 255 Å². The van der Waals surface area contributed by atoms with Crippen LogP contribution in [0.2, 0.25) is 0 Å². The fourth-order valence-corrected chi connectivity index (χ4v) is 9.96. The maximum atomic E-state index is 2.46. The van der Waals surface area contributed by atoms with E-state index in [0.717, 1.165) is 0 Å². The number of rotatable bonds is 7. The summed E-state index contributed by atoms with van der Waals surface area (Å²) in [6.45, 7) is 0. The van der Waals surface area contributed by atoms with Crippen LogP contribution in [0.3, 0.4) is 0 Å². The van der Waals surface area contributed by atoms with Gasteiger partial charge in [0.25, 0.3) is 0 Å². The van der Waals surface area contributed by atoms with Crippen LogP contribution in [0.15, 0.2) is 255 Å². The number of fused-ring (bicyclic) bond motifs is 4. The number of hydrogen-bond donors (Lipinski definition) is 0. The van der Waals surface area contributed by atoms with Crippen molar-refractivity contribution in [3.05, 3.63) is 255 Å². The fourth-order valence-electron chi connectivity index (χ4n) is 9.96. The number of hydrogen-bond acceptors (Lipinski definition) is 0. The molecule has 0 aliphatic heterocycles. The lowest BCUT2D eigenvalue weighted by molar-refractivity contribution is 1.56. The summed E-state index contributed by atoms with van der Waals surface area (Å²) in [5, 5.41) is 9.94. The Kier molecular flexibility index (Phi) is 9.28. The van der Waals surface area contributed by atoms with Crippen molar-refractivity contribution in [2.45, 2.75) is 0 Å². The first kappa shape index (κ1) is 37.4. The van der Waals surface area contributed by atoms with E-state index in [1.54, 1.807) is 0 Å². The Morgan fingerprint density at radius 2 is 0.578 bits per heavy atom. The summed E-state index contributed by atoms with van der Waals surface area (Å²) in [5.41, 5.74) is 17.0. The Morgan fingerprint density at radius 3 is 1.14 bits per heavy atom. The van der Waals surface area contributed by atoms with Crippen LogP contribution in [0.5, 0.6) is 0 Å². The average molecular weight is 811 g/mol. The molecule has 0 amide bonds. The zero-order chi connectivity index (χ0) is 42.4. The predicted octanol–water partition coefficient (Wildman–Crippen LogP) is 18.0. The highest BCUT2D eigenvalue weighted by atomic mass is 14.2. The molecule has 0 aliphatic rings. The van der Waals surface area contributed by atoms with E-state index < -0.39 is 0 Å². The van der Waals surface area contributed by atoms with Gasteiger partial charge < -0.3 is 0 Å². The molecule has 0 spiro atoms. The molecule has 0 atom stereocenters. The molecule has 0 saturated carbocycles. The van der Waals surface area contributed by atoms with Crippen molar-refractivity contribution in [2.24, 2.45) is 0 Å². The number of benzene rings is 12. The standard InChI is InChI=1S/C64H42/c1-4-17-43(18-5-1)52-39-53(44-19-6-2-7-20-44)41-54(40-52)49-35-36-57(51-34-32-47-37-50(33-31-48(47)38-51)56-30-16-24-45-21-10-11-25-55(45)56)62(42-49)64-60-28-14-12-26-58(60)63(46-22-8-3-9-23-46)59-27-13-15-29-61(59)64/h1-42H. The predicted molar refractivity (Wildman–Crippen MR) is 275 cm³/mol. The Morgan fingerprint density at radius 1 is 0.156 bits per heavy atom. The molecule has 0 heterocycles. The first-order valence-electron chi connectivity index (χ1n) is 22.2. The molecule has 0 aromatic heterocycles. The third-order valence-corrected chi connectivity index (χ3v) is 13.0. The van der Waals surface area contributed by atoms with Gasteiger partial charge in [-0.2, -0.15) is 0 Å². The average Bonchev–Trinajstić information content (AvgIpc) is 3.38. The van der Waals surface area contributed by atoms with Crippen molar-refractivity contribution < 1.29 is 0 Å². The third kappa shape index (κ3) is 6.65. The second-order valence-electron chi connectivity index (χ2n) is 16.8. The highest BCUT2D eigenvalue weighted by Gasteiger charge is 2.20. The quantitative estimate of drug-likeness (QED) is 0.141. The van der Waals surface area contributed by atoms with E-state index >= 15 is 0 Å². The van der Waals surface area contributed by atoms with Crippen LogP contribution in [0.4, 0.5) is 0 Å². The lowest BCUT2D eigenvalue weighted by Gasteiger charge is -2.21. The van der Waals surface area contributed by atoms with Gasteiger partial charge in [-0.25, -0.2) is 0 Å².